The SMILES string of the molecule is Cc1cccc(C(CI)OCc2ccccc2F)c1. The first-order chi connectivity index (χ1) is 9.20. The Morgan fingerprint density at radius 2 is 1.95 bits per heavy atom. The van der Waals surface area contributed by atoms with Gasteiger partial charge >= 0.3 is 0 Å². The third-order valence-corrected chi connectivity index (χ3v) is 3.75. The fraction of sp³-hybridized carbons (Fsp3) is 0.250. The molecule has 2 aromatic rings. The van der Waals surface area contributed by atoms with Gasteiger partial charge in [-0.15, -0.1) is 0 Å². The second kappa shape index (κ2) is 7.01. The molecule has 0 aliphatic heterocycles. The first kappa shape index (κ1) is 14.5. The number of rotatable bonds is 5. The molecule has 0 saturated carbocycles. The van der Waals surface area contributed by atoms with Crippen molar-refractivity contribution in [1.82, 2.24) is 0 Å². The van der Waals surface area contributed by atoms with Gasteiger partial charge in [-0.05, 0) is 18.6 Å². The zero-order chi connectivity index (χ0) is 13.7. The van der Waals surface area contributed by atoms with Crippen molar-refractivity contribution in [3.8, 4) is 0 Å². The number of hydrogen-bond acceptors (Lipinski definition) is 1. The van der Waals surface area contributed by atoms with E-state index in [1.807, 2.05) is 12.1 Å². The molecule has 100 valence electrons. The van der Waals surface area contributed by atoms with Crippen LogP contribution in [0.2, 0.25) is 0 Å². The van der Waals surface area contributed by atoms with Crippen molar-refractivity contribution >= 4 is 22.6 Å². The molecule has 1 unspecified atom stereocenters. The van der Waals surface area contributed by atoms with E-state index < -0.39 is 0 Å². The van der Waals surface area contributed by atoms with E-state index in [0.717, 1.165) is 9.99 Å². The summed E-state index contributed by atoms with van der Waals surface area (Å²) >= 11 is 2.30. The number of alkyl halides is 1. The topological polar surface area (TPSA) is 9.23 Å². The van der Waals surface area contributed by atoms with Gasteiger partial charge in [0.1, 0.15) is 5.82 Å². The molecular formula is C16H16FIO. The van der Waals surface area contributed by atoms with Gasteiger partial charge in [0.15, 0.2) is 0 Å². The quantitative estimate of drug-likeness (QED) is 0.541. The van der Waals surface area contributed by atoms with Crippen LogP contribution >= 0.6 is 22.6 Å². The van der Waals surface area contributed by atoms with Crippen LogP contribution in [0.1, 0.15) is 22.8 Å². The van der Waals surface area contributed by atoms with E-state index in [-0.39, 0.29) is 11.9 Å². The van der Waals surface area contributed by atoms with Crippen LogP contribution in [-0.4, -0.2) is 4.43 Å². The molecule has 1 nitrogen and oxygen atoms in total. The molecule has 19 heavy (non-hydrogen) atoms. The molecule has 0 spiro atoms. The summed E-state index contributed by atoms with van der Waals surface area (Å²) in [6.07, 6.45) is 0.0000983. The van der Waals surface area contributed by atoms with Crippen LogP contribution in [0.15, 0.2) is 48.5 Å². The van der Waals surface area contributed by atoms with E-state index in [9.17, 15) is 4.39 Å². The maximum absolute atomic E-state index is 13.5. The van der Waals surface area contributed by atoms with Crippen LogP contribution in [0.4, 0.5) is 4.39 Å². The summed E-state index contributed by atoms with van der Waals surface area (Å²) in [6.45, 7) is 2.36. The summed E-state index contributed by atoms with van der Waals surface area (Å²) in [5, 5.41) is 0. The van der Waals surface area contributed by atoms with Crippen LogP contribution in [0.3, 0.4) is 0 Å². The van der Waals surface area contributed by atoms with Crippen molar-refractivity contribution in [1.29, 1.82) is 0 Å². The van der Waals surface area contributed by atoms with Gasteiger partial charge in [-0.1, -0.05) is 70.6 Å². The van der Waals surface area contributed by atoms with E-state index >= 15 is 0 Å². The number of benzene rings is 2. The van der Waals surface area contributed by atoms with Crippen LogP contribution in [0.5, 0.6) is 0 Å². The van der Waals surface area contributed by atoms with Gasteiger partial charge in [-0.2, -0.15) is 0 Å². The van der Waals surface area contributed by atoms with E-state index in [2.05, 4.69) is 47.7 Å². The maximum atomic E-state index is 13.5. The Bertz CT molecular complexity index is 542. The highest BCUT2D eigenvalue weighted by molar-refractivity contribution is 14.1. The maximum Gasteiger partial charge on any atom is 0.128 e. The molecule has 0 bridgehead atoms. The number of hydrogen-bond donors (Lipinski definition) is 0. The van der Waals surface area contributed by atoms with Crippen LogP contribution in [0.25, 0.3) is 0 Å². The lowest BCUT2D eigenvalue weighted by molar-refractivity contribution is 0.0559. The molecule has 3 heteroatoms. The zero-order valence-corrected chi connectivity index (χ0v) is 12.9. The van der Waals surface area contributed by atoms with Crippen molar-refractivity contribution < 1.29 is 9.13 Å². The number of aryl methyl sites for hydroxylation is 1. The lowest BCUT2D eigenvalue weighted by Crippen LogP contribution is -2.07. The van der Waals surface area contributed by atoms with E-state index in [4.69, 9.17) is 4.74 Å². The van der Waals surface area contributed by atoms with Gasteiger partial charge in [-0.3, -0.25) is 0 Å². The fourth-order valence-electron chi connectivity index (χ4n) is 1.91. The average molecular weight is 370 g/mol. The smallest absolute Gasteiger partial charge is 0.128 e. The van der Waals surface area contributed by atoms with Crippen molar-refractivity contribution in [2.24, 2.45) is 0 Å². The van der Waals surface area contributed by atoms with Gasteiger partial charge < -0.3 is 4.74 Å². The van der Waals surface area contributed by atoms with Crippen LogP contribution in [-0.2, 0) is 11.3 Å². The molecule has 0 aliphatic carbocycles. The second-order valence-electron chi connectivity index (χ2n) is 4.46. The first-order valence-corrected chi connectivity index (χ1v) is 7.71. The summed E-state index contributed by atoms with van der Waals surface area (Å²) in [6, 6.07) is 15.0. The standard InChI is InChI=1S/C16H16FIO/c1-12-5-4-7-13(9-12)16(10-18)19-11-14-6-2-3-8-15(14)17/h2-9,16H,10-11H2,1H3. The molecule has 2 aromatic carbocycles. The molecule has 0 saturated heterocycles. The minimum atomic E-state index is -0.209. The predicted octanol–water partition coefficient (Wildman–Crippen LogP) is 4.83. The number of halogens is 2. The van der Waals surface area contributed by atoms with E-state index in [1.165, 1.54) is 11.6 Å². The minimum absolute atomic E-state index is 0.0000983. The Labute approximate surface area is 126 Å². The van der Waals surface area contributed by atoms with Gasteiger partial charge in [0.2, 0.25) is 0 Å². The second-order valence-corrected chi connectivity index (χ2v) is 5.34. The zero-order valence-electron chi connectivity index (χ0n) is 10.8. The highest BCUT2D eigenvalue weighted by atomic mass is 127. The Morgan fingerprint density at radius 3 is 2.63 bits per heavy atom. The summed E-state index contributed by atoms with van der Waals surface area (Å²) in [7, 11) is 0. The summed E-state index contributed by atoms with van der Waals surface area (Å²) < 4.78 is 20.2. The van der Waals surface area contributed by atoms with Crippen LogP contribution in [0, 0.1) is 12.7 Å². The van der Waals surface area contributed by atoms with Gasteiger partial charge in [-0.25, -0.2) is 4.39 Å². The molecule has 0 radical (unpaired) electrons. The molecule has 2 rings (SSSR count). The van der Waals surface area contributed by atoms with Crippen LogP contribution < -0.4 is 0 Å². The van der Waals surface area contributed by atoms with Gasteiger partial charge in [0, 0.05) is 9.99 Å². The normalized spacial score (nSPS) is 12.4. The number of ether oxygens (including phenoxy) is 1. The van der Waals surface area contributed by atoms with Crippen molar-refractivity contribution in [2.45, 2.75) is 19.6 Å². The summed E-state index contributed by atoms with van der Waals surface area (Å²) in [5.74, 6) is -0.209. The lowest BCUT2D eigenvalue weighted by atomic mass is 10.1. The molecular weight excluding hydrogens is 354 g/mol. The highest BCUT2D eigenvalue weighted by Gasteiger charge is 2.12. The third-order valence-electron chi connectivity index (χ3n) is 2.95. The average Bonchev–Trinajstić information content (AvgIpc) is 2.41. The summed E-state index contributed by atoms with van der Waals surface area (Å²) in [5.41, 5.74) is 2.96. The lowest BCUT2D eigenvalue weighted by Gasteiger charge is -2.16. The monoisotopic (exact) mass is 370 g/mol. The summed E-state index contributed by atoms with van der Waals surface area (Å²) in [4.78, 5) is 0. The largest absolute Gasteiger partial charge is 0.368 e. The van der Waals surface area contributed by atoms with Gasteiger partial charge in [0.25, 0.3) is 0 Å². The fourth-order valence-corrected chi connectivity index (χ4v) is 2.67. The molecule has 0 heterocycles. The minimum Gasteiger partial charge on any atom is -0.368 e. The predicted molar refractivity (Wildman–Crippen MR) is 84.0 cm³/mol. The Hall–Kier alpha value is -0.940. The molecule has 0 aliphatic rings. The molecule has 0 fully saturated rings. The Morgan fingerprint density at radius 1 is 1.16 bits per heavy atom. The molecule has 0 amide bonds. The van der Waals surface area contributed by atoms with Crippen molar-refractivity contribution in [3.63, 3.8) is 0 Å². The van der Waals surface area contributed by atoms with Gasteiger partial charge in [0.05, 0.1) is 12.7 Å². The molecule has 0 aromatic heterocycles. The van der Waals surface area contributed by atoms with Crippen molar-refractivity contribution in [3.05, 3.63) is 71.0 Å². The first-order valence-electron chi connectivity index (χ1n) is 6.18. The van der Waals surface area contributed by atoms with E-state index in [1.54, 1.807) is 12.1 Å². The highest BCUT2D eigenvalue weighted by Crippen LogP contribution is 2.23. The Balaban J connectivity index is 2.06. The van der Waals surface area contributed by atoms with E-state index in [0.29, 0.717) is 12.2 Å². The molecule has 1 atom stereocenters. The third kappa shape index (κ3) is 4.01. The Kier molecular flexibility index (Phi) is 5.34. The molecule has 0 N–H and O–H groups in total. The van der Waals surface area contributed by atoms with Crippen molar-refractivity contribution in [2.75, 3.05) is 4.43 Å².